The number of amides is 1. The predicted molar refractivity (Wildman–Crippen MR) is 87.3 cm³/mol. The number of nitrogens with zero attached hydrogens (tertiary/aromatic N) is 3. The molecule has 1 fully saturated rings. The minimum atomic E-state index is 0.0574. The monoisotopic (exact) mass is 336 g/mol. The highest BCUT2D eigenvalue weighted by Crippen LogP contribution is 2.33. The van der Waals surface area contributed by atoms with E-state index >= 15 is 0 Å². The Hall–Kier alpha value is -1.85. The molecule has 2 heterocycles. The van der Waals surface area contributed by atoms with Crippen LogP contribution in [0.1, 0.15) is 6.42 Å². The van der Waals surface area contributed by atoms with Gasteiger partial charge in [-0.3, -0.25) is 4.79 Å². The number of carbonyl (C=O) groups is 1. The van der Waals surface area contributed by atoms with Crippen molar-refractivity contribution in [1.29, 1.82) is 0 Å². The molecule has 0 atom stereocenters. The number of aromatic nitrogens is 2. The van der Waals surface area contributed by atoms with E-state index in [4.69, 9.17) is 23.2 Å². The first-order chi connectivity index (χ1) is 10.6. The number of nitrogens with one attached hydrogen (secondary N) is 1. The molecule has 3 rings (SSSR count). The molecule has 114 valence electrons. The quantitative estimate of drug-likeness (QED) is 0.916. The Morgan fingerprint density at radius 3 is 2.45 bits per heavy atom. The van der Waals surface area contributed by atoms with Gasteiger partial charge in [-0.2, -0.15) is 0 Å². The van der Waals surface area contributed by atoms with Gasteiger partial charge in [0.05, 0.1) is 10.0 Å². The lowest BCUT2D eigenvalue weighted by Gasteiger charge is -2.19. The van der Waals surface area contributed by atoms with Crippen LogP contribution < -0.4 is 10.2 Å². The molecule has 0 radical (unpaired) electrons. The summed E-state index contributed by atoms with van der Waals surface area (Å²) >= 11 is 12.4. The number of rotatable bonds is 2. The Morgan fingerprint density at radius 2 is 1.77 bits per heavy atom. The van der Waals surface area contributed by atoms with E-state index in [-0.39, 0.29) is 5.91 Å². The van der Waals surface area contributed by atoms with Crippen molar-refractivity contribution in [3.05, 3.63) is 40.6 Å². The van der Waals surface area contributed by atoms with Crippen molar-refractivity contribution in [2.75, 3.05) is 24.5 Å². The van der Waals surface area contributed by atoms with Gasteiger partial charge in [-0.25, -0.2) is 9.97 Å². The van der Waals surface area contributed by atoms with Gasteiger partial charge in [0.1, 0.15) is 0 Å². The molecular weight excluding hydrogens is 323 g/mol. The molecule has 0 saturated carbocycles. The van der Waals surface area contributed by atoms with Gasteiger partial charge >= 0.3 is 0 Å². The van der Waals surface area contributed by atoms with Crippen LogP contribution in [0.25, 0.3) is 11.1 Å². The van der Waals surface area contributed by atoms with Crippen LogP contribution in [0.3, 0.4) is 0 Å². The molecule has 1 aliphatic rings. The zero-order valence-electron chi connectivity index (χ0n) is 11.7. The molecule has 2 aromatic rings. The van der Waals surface area contributed by atoms with Gasteiger partial charge in [-0.05, 0) is 12.1 Å². The van der Waals surface area contributed by atoms with Crippen LogP contribution >= 0.6 is 23.2 Å². The molecule has 1 saturated heterocycles. The molecule has 1 N–H and O–H groups in total. The summed E-state index contributed by atoms with van der Waals surface area (Å²) in [4.78, 5) is 22.1. The largest absolute Gasteiger partial charge is 0.354 e. The molecule has 0 bridgehead atoms. The maximum atomic E-state index is 11.4. The van der Waals surface area contributed by atoms with E-state index in [1.807, 2.05) is 4.90 Å². The van der Waals surface area contributed by atoms with Gasteiger partial charge in [0.15, 0.2) is 0 Å². The van der Waals surface area contributed by atoms with Crippen LogP contribution in [-0.4, -0.2) is 35.5 Å². The van der Waals surface area contributed by atoms with Gasteiger partial charge in [0, 0.05) is 49.6 Å². The van der Waals surface area contributed by atoms with Crippen molar-refractivity contribution < 1.29 is 4.79 Å². The average molecular weight is 337 g/mol. The fourth-order valence-corrected chi connectivity index (χ4v) is 2.97. The highest BCUT2D eigenvalue weighted by molar-refractivity contribution is 6.39. The predicted octanol–water partition coefficient (Wildman–Crippen LogP) is 2.78. The number of carbonyl (C=O) groups excluding carboxylic acids is 1. The van der Waals surface area contributed by atoms with Crippen LogP contribution in [0, 0.1) is 0 Å². The van der Waals surface area contributed by atoms with Crippen LogP contribution in [0.4, 0.5) is 5.95 Å². The molecule has 1 aliphatic heterocycles. The molecule has 7 heteroatoms. The van der Waals surface area contributed by atoms with Gasteiger partial charge in [-0.15, -0.1) is 0 Å². The Bertz CT molecular complexity index is 670. The molecule has 22 heavy (non-hydrogen) atoms. The zero-order chi connectivity index (χ0) is 15.5. The number of hydrogen-bond acceptors (Lipinski definition) is 4. The molecule has 1 aromatic heterocycles. The van der Waals surface area contributed by atoms with Crippen LogP contribution in [-0.2, 0) is 4.79 Å². The second kappa shape index (κ2) is 6.50. The number of halogens is 2. The third-order valence-electron chi connectivity index (χ3n) is 3.49. The standard InChI is InChI=1S/C15H14Cl2N4O/c16-11-2-1-3-12(17)14(11)10-8-19-15(20-9-10)21-6-4-13(22)18-5-7-21/h1-3,8-9H,4-7H2,(H,18,22). The number of anilines is 1. The first kappa shape index (κ1) is 15.1. The van der Waals surface area contributed by atoms with Crippen LogP contribution in [0.2, 0.25) is 10.0 Å². The van der Waals surface area contributed by atoms with Crippen molar-refractivity contribution in [2.45, 2.75) is 6.42 Å². The lowest BCUT2D eigenvalue weighted by Crippen LogP contribution is -2.29. The maximum Gasteiger partial charge on any atom is 0.225 e. The van der Waals surface area contributed by atoms with Crippen LogP contribution in [0.5, 0.6) is 0 Å². The first-order valence-corrected chi connectivity index (χ1v) is 7.69. The summed E-state index contributed by atoms with van der Waals surface area (Å²) in [6, 6.07) is 5.36. The summed E-state index contributed by atoms with van der Waals surface area (Å²) in [5.74, 6) is 0.658. The summed E-state index contributed by atoms with van der Waals surface area (Å²) in [5.41, 5.74) is 1.49. The van der Waals surface area contributed by atoms with E-state index in [0.29, 0.717) is 42.0 Å². The van der Waals surface area contributed by atoms with E-state index in [9.17, 15) is 4.79 Å². The Kier molecular flexibility index (Phi) is 4.45. The van der Waals surface area contributed by atoms with E-state index in [2.05, 4.69) is 15.3 Å². The minimum absolute atomic E-state index is 0.0574. The third kappa shape index (κ3) is 3.15. The van der Waals surface area contributed by atoms with Crippen molar-refractivity contribution in [3.63, 3.8) is 0 Å². The molecule has 5 nitrogen and oxygen atoms in total. The highest BCUT2D eigenvalue weighted by Gasteiger charge is 2.16. The van der Waals surface area contributed by atoms with E-state index < -0.39 is 0 Å². The van der Waals surface area contributed by atoms with Crippen molar-refractivity contribution in [1.82, 2.24) is 15.3 Å². The van der Waals surface area contributed by atoms with Crippen molar-refractivity contribution in [2.24, 2.45) is 0 Å². The summed E-state index contributed by atoms with van der Waals surface area (Å²) < 4.78 is 0. The molecular formula is C15H14Cl2N4O. The molecule has 0 aliphatic carbocycles. The van der Waals surface area contributed by atoms with Crippen molar-refractivity contribution >= 4 is 35.1 Å². The molecule has 0 spiro atoms. The highest BCUT2D eigenvalue weighted by atomic mass is 35.5. The topological polar surface area (TPSA) is 58.1 Å². The van der Waals surface area contributed by atoms with Gasteiger partial charge in [0.2, 0.25) is 11.9 Å². The fraction of sp³-hybridized carbons (Fsp3) is 0.267. The lowest BCUT2D eigenvalue weighted by atomic mass is 10.1. The smallest absolute Gasteiger partial charge is 0.225 e. The summed E-state index contributed by atoms with van der Waals surface area (Å²) in [6.45, 7) is 1.90. The average Bonchev–Trinajstić information content (AvgIpc) is 2.73. The number of hydrogen-bond donors (Lipinski definition) is 1. The Morgan fingerprint density at radius 1 is 1.09 bits per heavy atom. The first-order valence-electron chi connectivity index (χ1n) is 6.93. The minimum Gasteiger partial charge on any atom is -0.354 e. The normalized spacial score (nSPS) is 15.4. The Labute approximate surface area is 138 Å². The fourth-order valence-electron chi connectivity index (χ4n) is 2.35. The van der Waals surface area contributed by atoms with E-state index in [0.717, 1.165) is 11.1 Å². The van der Waals surface area contributed by atoms with Crippen molar-refractivity contribution in [3.8, 4) is 11.1 Å². The Balaban J connectivity index is 1.85. The third-order valence-corrected chi connectivity index (χ3v) is 4.12. The number of benzene rings is 1. The SMILES string of the molecule is O=C1CCN(c2ncc(-c3c(Cl)cccc3Cl)cn2)CCN1. The van der Waals surface area contributed by atoms with Crippen LogP contribution in [0.15, 0.2) is 30.6 Å². The lowest BCUT2D eigenvalue weighted by molar-refractivity contribution is -0.120. The van der Waals surface area contributed by atoms with Gasteiger partial charge in [-0.1, -0.05) is 29.3 Å². The van der Waals surface area contributed by atoms with Gasteiger partial charge in [0.25, 0.3) is 0 Å². The van der Waals surface area contributed by atoms with Gasteiger partial charge < -0.3 is 10.2 Å². The second-order valence-corrected chi connectivity index (χ2v) is 5.77. The summed E-state index contributed by atoms with van der Waals surface area (Å²) in [7, 11) is 0. The molecule has 1 aromatic carbocycles. The molecule has 0 unspecified atom stereocenters. The summed E-state index contributed by atoms with van der Waals surface area (Å²) in [6.07, 6.45) is 3.85. The second-order valence-electron chi connectivity index (χ2n) is 4.96. The molecule has 1 amide bonds. The zero-order valence-corrected chi connectivity index (χ0v) is 13.2. The van der Waals surface area contributed by atoms with E-state index in [1.54, 1.807) is 30.6 Å². The maximum absolute atomic E-state index is 11.4. The summed E-state index contributed by atoms with van der Waals surface area (Å²) in [5, 5.41) is 3.95. The van der Waals surface area contributed by atoms with E-state index in [1.165, 1.54) is 0 Å².